The third-order valence-electron chi connectivity index (χ3n) is 3.36. The lowest BCUT2D eigenvalue weighted by molar-refractivity contribution is -0.122. The Bertz CT molecular complexity index is 489. The van der Waals surface area contributed by atoms with Crippen LogP contribution in [0.3, 0.4) is 0 Å². The highest BCUT2D eigenvalue weighted by molar-refractivity contribution is 7.80. The predicted octanol–water partition coefficient (Wildman–Crippen LogP) is 2.03. The molecule has 1 atom stereocenters. The summed E-state index contributed by atoms with van der Waals surface area (Å²) in [5, 5.41) is 3.76. The van der Waals surface area contributed by atoms with Crippen molar-refractivity contribution in [1.82, 2.24) is 4.90 Å². The molecule has 1 amide bonds. The third-order valence-corrected chi connectivity index (χ3v) is 3.70. The molecule has 0 aromatic heterocycles. The minimum Gasteiger partial charge on any atom is -0.368 e. The van der Waals surface area contributed by atoms with Gasteiger partial charge in [-0.3, -0.25) is 4.79 Å². The first-order chi connectivity index (χ1) is 9.08. The van der Waals surface area contributed by atoms with E-state index in [4.69, 9.17) is 18.0 Å². The number of rotatable bonds is 2. The summed E-state index contributed by atoms with van der Waals surface area (Å²) in [5.74, 6) is -0.298. The number of nitrogens with one attached hydrogen (secondary N) is 1. The zero-order valence-corrected chi connectivity index (χ0v) is 11.9. The summed E-state index contributed by atoms with van der Waals surface area (Å²) in [7, 11) is 0. The van der Waals surface area contributed by atoms with Crippen molar-refractivity contribution >= 4 is 28.9 Å². The summed E-state index contributed by atoms with van der Waals surface area (Å²) in [6, 6.07) is 7.71. The average molecular weight is 277 g/mol. The molecule has 1 aromatic carbocycles. The van der Waals surface area contributed by atoms with Gasteiger partial charge in [-0.2, -0.15) is 0 Å². The molecule has 1 heterocycles. The van der Waals surface area contributed by atoms with Crippen molar-refractivity contribution in [2.75, 3.05) is 11.9 Å². The molecule has 3 N–H and O–H groups in total. The maximum Gasteiger partial charge on any atom is 0.240 e. The van der Waals surface area contributed by atoms with Gasteiger partial charge in [-0.15, -0.1) is 0 Å². The Hall–Kier alpha value is -1.62. The molecule has 0 unspecified atom stereocenters. The number of carbonyl (C=O) groups is 1. The highest BCUT2D eigenvalue weighted by atomic mass is 32.1. The highest BCUT2D eigenvalue weighted by Gasteiger charge is 2.28. The van der Waals surface area contributed by atoms with E-state index in [0.29, 0.717) is 5.11 Å². The Morgan fingerprint density at radius 3 is 2.95 bits per heavy atom. The molecular weight excluding hydrogens is 258 g/mol. The number of aryl methyl sites for hydroxylation is 1. The predicted molar refractivity (Wildman–Crippen MR) is 80.9 cm³/mol. The first-order valence-corrected chi connectivity index (χ1v) is 6.92. The molecule has 0 aliphatic carbocycles. The van der Waals surface area contributed by atoms with Gasteiger partial charge in [-0.25, -0.2) is 0 Å². The van der Waals surface area contributed by atoms with Crippen molar-refractivity contribution in [3.05, 3.63) is 29.8 Å². The number of thiocarbonyl (C=S) groups is 1. The Morgan fingerprint density at radius 2 is 2.26 bits per heavy atom. The Balaban J connectivity index is 2.07. The second-order valence-electron chi connectivity index (χ2n) is 4.91. The summed E-state index contributed by atoms with van der Waals surface area (Å²) >= 11 is 5.40. The molecule has 0 bridgehead atoms. The summed E-state index contributed by atoms with van der Waals surface area (Å²) in [6.45, 7) is 2.81. The fraction of sp³-hybridized carbons (Fsp3) is 0.429. The van der Waals surface area contributed by atoms with Crippen molar-refractivity contribution in [2.45, 2.75) is 32.2 Å². The smallest absolute Gasteiger partial charge is 0.240 e. The molecule has 0 radical (unpaired) electrons. The molecule has 4 nitrogen and oxygen atoms in total. The first kappa shape index (κ1) is 13.8. The van der Waals surface area contributed by atoms with Crippen molar-refractivity contribution in [1.29, 1.82) is 0 Å². The molecule has 5 heteroatoms. The van der Waals surface area contributed by atoms with Crippen LogP contribution in [0.15, 0.2) is 24.3 Å². The molecule has 1 aromatic rings. The number of carbonyl (C=O) groups excluding carboxylic acids is 1. The van der Waals surface area contributed by atoms with Crippen LogP contribution >= 0.6 is 12.2 Å². The van der Waals surface area contributed by atoms with Crippen LogP contribution in [0.2, 0.25) is 0 Å². The van der Waals surface area contributed by atoms with Gasteiger partial charge >= 0.3 is 0 Å². The van der Waals surface area contributed by atoms with Gasteiger partial charge in [0.15, 0.2) is 5.11 Å². The van der Waals surface area contributed by atoms with E-state index in [1.54, 1.807) is 0 Å². The third kappa shape index (κ3) is 3.44. The molecule has 1 fully saturated rings. The van der Waals surface area contributed by atoms with Crippen molar-refractivity contribution in [3.8, 4) is 0 Å². The second-order valence-corrected chi connectivity index (χ2v) is 5.29. The number of nitrogens with two attached hydrogens (primary N) is 1. The van der Waals surface area contributed by atoms with Gasteiger partial charge < -0.3 is 16.0 Å². The van der Waals surface area contributed by atoms with Gasteiger partial charge in [0.1, 0.15) is 6.04 Å². The lowest BCUT2D eigenvalue weighted by atomic mass is 10.0. The number of hydrogen-bond acceptors (Lipinski definition) is 2. The van der Waals surface area contributed by atoms with Crippen LogP contribution in [-0.2, 0) is 4.79 Å². The van der Waals surface area contributed by atoms with Gasteiger partial charge in [0.2, 0.25) is 5.91 Å². The molecule has 1 aliphatic heterocycles. The lowest BCUT2D eigenvalue weighted by Gasteiger charge is -2.35. The molecule has 19 heavy (non-hydrogen) atoms. The monoisotopic (exact) mass is 277 g/mol. The zero-order valence-electron chi connectivity index (χ0n) is 11.1. The van der Waals surface area contributed by atoms with E-state index in [1.165, 1.54) is 0 Å². The van der Waals surface area contributed by atoms with Crippen LogP contribution in [0.5, 0.6) is 0 Å². The Labute approximate surface area is 119 Å². The minimum absolute atomic E-state index is 0.279. The number of amides is 1. The fourth-order valence-corrected chi connectivity index (χ4v) is 2.72. The summed E-state index contributed by atoms with van der Waals surface area (Å²) in [5.41, 5.74) is 7.55. The van der Waals surface area contributed by atoms with Crippen LogP contribution in [0.25, 0.3) is 0 Å². The van der Waals surface area contributed by atoms with Crippen molar-refractivity contribution in [2.24, 2.45) is 5.73 Å². The summed E-state index contributed by atoms with van der Waals surface area (Å²) in [6.07, 6.45) is 2.85. The normalized spacial score (nSPS) is 19.0. The molecule has 1 saturated heterocycles. The lowest BCUT2D eigenvalue weighted by Crippen LogP contribution is -2.51. The molecule has 1 aliphatic rings. The number of anilines is 1. The van der Waals surface area contributed by atoms with Gasteiger partial charge in [0.05, 0.1) is 0 Å². The van der Waals surface area contributed by atoms with Gasteiger partial charge in [-0.05, 0) is 56.1 Å². The number of nitrogens with zero attached hydrogens (tertiary/aromatic N) is 1. The largest absolute Gasteiger partial charge is 0.368 e. The van der Waals surface area contributed by atoms with Gasteiger partial charge in [-0.1, -0.05) is 12.1 Å². The van der Waals surface area contributed by atoms with E-state index >= 15 is 0 Å². The van der Waals surface area contributed by atoms with Crippen LogP contribution in [0.1, 0.15) is 24.8 Å². The maximum atomic E-state index is 11.5. The molecule has 2 rings (SSSR count). The summed E-state index contributed by atoms with van der Waals surface area (Å²) < 4.78 is 0. The number of piperidine rings is 1. The van der Waals surface area contributed by atoms with Crippen molar-refractivity contribution < 1.29 is 4.79 Å². The molecule has 0 spiro atoms. The van der Waals surface area contributed by atoms with Crippen LogP contribution in [0.4, 0.5) is 5.69 Å². The minimum atomic E-state index is -0.298. The van der Waals surface area contributed by atoms with Crippen LogP contribution in [-0.4, -0.2) is 28.5 Å². The molecular formula is C14H19N3OS. The average Bonchev–Trinajstić information content (AvgIpc) is 2.38. The van der Waals surface area contributed by atoms with E-state index < -0.39 is 0 Å². The van der Waals surface area contributed by atoms with E-state index in [1.807, 2.05) is 36.1 Å². The Kier molecular flexibility index (Phi) is 4.37. The number of likely N-dealkylation sites (tertiary alicyclic amines) is 1. The number of primary amides is 1. The van der Waals surface area contributed by atoms with Crippen LogP contribution in [0, 0.1) is 6.92 Å². The van der Waals surface area contributed by atoms with Gasteiger partial charge in [0, 0.05) is 12.2 Å². The van der Waals surface area contributed by atoms with Gasteiger partial charge in [0.25, 0.3) is 0 Å². The standard InChI is InChI=1S/C14H19N3OS/c1-10-5-4-6-11(9-10)16-14(19)17-8-3-2-7-12(17)13(15)18/h4-6,9,12H,2-3,7-8H2,1H3,(H2,15,18)(H,16,19)/t12-/m0/s1. The highest BCUT2D eigenvalue weighted by Crippen LogP contribution is 2.19. The Morgan fingerprint density at radius 1 is 1.47 bits per heavy atom. The van der Waals surface area contributed by atoms with E-state index in [9.17, 15) is 4.79 Å². The van der Waals surface area contributed by atoms with E-state index in [0.717, 1.165) is 37.1 Å². The first-order valence-electron chi connectivity index (χ1n) is 6.51. The quantitative estimate of drug-likeness (QED) is 0.812. The molecule has 0 saturated carbocycles. The molecule has 102 valence electrons. The van der Waals surface area contributed by atoms with Crippen molar-refractivity contribution in [3.63, 3.8) is 0 Å². The zero-order chi connectivity index (χ0) is 13.8. The van der Waals surface area contributed by atoms with E-state index in [2.05, 4.69) is 5.32 Å². The SMILES string of the molecule is Cc1cccc(NC(=S)N2CCCC[C@H]2C(N)=O)c1. The summed E-state index contributed by atoms with van der Waals surface area (Å²) in [4.78, 5) is 13.4. The fourth-order valence-electron chi connectivity index (χ4n) is 2.39. The maximum absolute atomic E-state index is 11.5. The topological polar surface area (TPSA) is 58.4 Å². The number of hydrogen-bond donors (Lipinski definition) is 2. The number of benzene rings is 1. The van der Waals surface area contributed by atoms with Crippen LogP contribution < -0.4 is 11.1 Å². The second kappa shape index (κ2) is 6.02. The van der Waals surface area contributed by atoms with E-state index in [-0.39, 0.29) is 11.9 Å².